The number of allylic oxidation sites excluding steroid dienone is 2. The lowest BCUT2D eigenvalue weighted by Gasteiger charge is -2.60. The lowest BCUT2D eigenvalue weighted by atomic mass is 9.65. The molecule has 13 aliphatic heterocycles. The molecule has 17 atom stereocenters. The van der Waals surface area contributed by atoms with Gasteiger partial charge in [0.25, 0.3) is 8.32 Å². The molecule has 1 amide bonds. The van der Waals surface area contributed by atoms with Crippen LogP contribution in [0, 0.1) is 40.5 Å². The predicted octanol–water partition coefficient (Wildman–Crippen LogP) is 12.7. The number of benzene rings is 8. The van der Waals surface area contributed by atoms with E-state index in [1.54, 1.807) is 66.2 Å². The normalized spacial score (nSPS) is 26.8. The van der Waals surface area contributed by atoms with Gasteiger partial charge >= 0.3 is 5.97 Å². The van der Waals surface area contributed by atoms with Crippen LogP contribution in [0.3, 0.4) is 0 Å². The van der Waals surface area contributed by atoms with Gasteiger partial charge in [0.1, 0.15) is 36.8 Å². The minimum absolute atomic E-state index is 0. The second kappa shape index (κ2) is 40.6. The number of piperidine rings is 1. The number of nitrogens with one attached hydrogen (secondary N) is 2. The lowest BCUT2D eigenvalue weighted by Crippen LogP contribution is -2.71. The van der Waals surface area contributed by atoms with Crippen molar-refractivity contribution in [3.63, 3.8) is 0 Å². The number of fused-ring (bicyclic) bond motifs is 24. The molecule has 146 heavy (non-hydrogen) atoms. The first-order valence-corrected chi connectivity index (χ1v) is 53.2. The summed E-state index contributed by atoms with van der Waals surface area (Å²) in [5.41, 5.74) is 14.1. The smallest absolute Gasteiger partial charge is 0.331 e. The maximum absolute atomic E-state index is 14.6. The van der Waals surface area contributed by atoms with Crippen molar-refractivity contribution in [3.8, 4) is 80.5 Å². The summed E-state index contributed by atoms with van der Waals surface area (Å²) in [6.07, 6.45) is 1.11. The molecule has 1 spiro atoms. The van der Waals surface area contributed by atoms with Crippen LogP contribution in [0.15, 0.2) is 113 Å². The van der Waals surface area contributed by atoms with Crippen molar-refractivity contribution < 1.29 is 121 Å². The van der Waals surface area contributed by atoms with E-state index in [9.17, 15) is 54.9 Å². The number of piperazine rings is 2. The van der Waals surface area contributed by atoms with Crippen LogP contribution < -0.4 is 68.4 Å². The monoisotopic (exact) mass is 2040 g/mol. The molecule has 0 saturated carbocycles. The van der Waals surface area contributed by atoms with E-state index >= 15 is 0 Å². The molecule has 9 N–H and O–H groups in total. The number of thioether (sulfide) groups is 1. The molecule has 32 nitrogen and oxygen atoms in total. The van der Waals surface area contributed by atoms with E-state index in [2.05, 4.69) is 114 Å². The molecule has 2 aliphatic carbocycles. The number of methoxy groups -OCH3 is 7. The van der Waals surface area contributed by atoms with E-state index in [-0.39, 0.29) is 176 Å². The summed E-state index contributed by atoms with van der Waals surface area (Å²) in [4.78, 5) is 64.7. The van der Waals surface area contributed by atoms with Crippen LogP contribution in [0.25, 0.3) is 0 Å². The number of rotatable bonds is 17. The Balaban J connectivity index is 0.000000144. The number of hydrogen-bond acceptors (Lipinski definition) is 32. The standard InChI is InChI=1S/C43H52N2O8Si.C38H42N2O10S.C28H35N3O7.C2H6.CH4/c1-25-19-27-20-32-42(47)45-31(36(44(32)6)34(27)40(38(25)49-8)50-23-48-7)21-30-35(41-39(51-24-52-41)26(2)37(30)46)33(45)22-53-54(43(3,4)5,28-15-11-9-12-16-28)29-17-13-10-14-18-29;1-16-8-19-9-20-10-21(26(19)30(42)31(16)46-4)29-35-28-27(34-33(49-15-50-34)17(2)32(28)47-5)23(40(29)36(20)43)13-48-37(44)38(14-51-35)22-12-25(45-3)24(41)11-18(22)6-7-39-38;1-7-19(32)29-11-18-21-15(23(33)13(3)27(38-6)25(21)35)10-16-22-20-14(8-12(2)26(37-5)24(20)34)9-17(30(22)4)28(36)31(16)18;1-2;/h9-19,31-33,36,42,46-47H,20-24H2,1-8H3;8,11-12,20-21,23,29,35-36,39,41-43H,6-7,9-10,13-15H2,1-5H3;8,16-18,22,28,34,36H,7,9-11H2,1-6H3,(H,29,32);1-2H3;1H4/t31-,32?,33-,36?,42-;20?,21?,23-,29+,35+,36-,38-;16-,17?,18-,22?,28-;;/m000../s1. The molecule has 8 aromatic carbocycles. The molecule has 782 valence electrons. The van der Waals surface area contributed by atoms with Crippen molar-refractivity contribution in [2.45, 2.75) is 243 Å². The Kier molecular flexibility index (Phi) is 29.1. The minimum Gasteiger partial charge on any atom is -0.507 e. The zero-order chi connectivity index (χ0) is 103. The van der Waals surface area contributed by atoms with E-state index in [1.165, 1.54) is 31.7 Å². The Bertz CT molecular complexity index is 6490. The van der Waals surface area contributed by atoms with E-state index in [0.29, 0.717) is 119 Å². The van der Waals surface area contributed by atoms with E-state index in [4.69, 9.17) is 66.0 Å². The summed E-state index contributed by atoms with van der Waals surface area (Å²) in [5, 5.41) is 91.0. The highest BCUT2D eigenvalue weighted by Gasteiger charge is 2.64. The number of ketones is 2. The van der Waals surface area contributed by atoms with Crippen molar-refractivity contribution >= 4 is 53.9 Å². The Hall–Kier alpha value is -11.4. The zero-order valence-electron chi connectivity index (χ0n) is 86.3. The van der Waals surface area contributed by atoms with Gasteiger partial charge in [-0.2, -0.15) is 0 Å². The van der Waals surface area contributed by atoms with Crippen LogP contribution in [0.1, 0.15) is 205 Å². The maximum Gasteiger partial charge on any atom is 0.331 e. The van der Waals surface area contributed by atoms with E-state index < -0.39 is 74.5 Å². The van der Waals surface area contributed by atoms with Crippen LogP contribution in [-0.4, -0.2) is 263 Å². The number of carbonyl (C=O) groups is 4. The second-order valence-corrected chi connectivity index (χ2v) is 46.6. The molecule has 0 aromatic heterocycles. The van der Waals surface area contributed by atoms with Gasteiger partial charge in [-0.25, -0.2) is 4.79 Å². The van der Waals surface area contributed by atoms with E-state index in [0.717, 1.165) is 77.9 Å². The molecule has 0 radical (unpaired) electrons. The number of amides is 1. The number of phenols is 4. The van der Waals surface area contributed by atoms with Crippen LogP contribution in [0.2, 0.25) is 5.04 Å². The minimum atomic E-state index is -3.03. The lowest BCUT2D eigenvalue weighted by molar-refractivity contribution is -0.176. The number of ether oxygens (including phenoxy) is 13. The van der Waals surface area contributed by atoms with Crippen LogP contribution >= 0.6 is 11.8 Å². The molecular formula is C112H139N7O25SSi. The Morgan fingerprint density at radius 1 is 0.575 bits per heavy atom. The zero-order valence-corrected chi connectivity index (χ0v) is 88.2. The number of nitrogens with zero attached hydrogens (tertiary/aromatic N) is 5. The number of aromatic hydroxyl groups is 4. The van der Waals surface area contributed by atoms with Gasteiger partial charge in [-0.1, -0.05) is 128 Å². The van der Waals surface area contributed by atoms with Gasteiger partial charge in [-0.15, -0.1) is 11.8 Å². The van der Waals surface area contributed by atoms with E-state index in [1.807, 2.05) is 83.5 Å². The quantitative estimate of drug-likeness (QED) is 0.0177. The van der Waals surface area contributed by atoms with Crippen molar-refractivity contribution in [2.24, 2.45) is 5.92 Å². The summed E-state index contributed by atoms with van der Waals surface area (Å²) in [5.74, 6) is 4.42. The third-order valence-corrected chi connectivity index (χ3v) is 39.6. The fourth-order valence-corrected chi connectivity index (χ4v) is 33.3. The molecular weight excluding hydrogens is 1900 g/mol. The first-order valence-electron chi connectivity index (χ1n) is 50.2. The van der Waals surface area contributed by atoms with Crippen LogP contribution in [0.4, 0.5) is 0 Å². The summed E-state index contributed by atoms with van der Waals surface area (Å²) in [6.45, 7) is 24.6. The Morgan fingerprint density at radius 2 is 1.13 bits per heavy atom. The summed E-state index contributed by atoms with van der Waals surface area (Å²) in [6, 6.07) is 26.7. The van der Waals surface area contributed by atoms with Crippen molar-refractivity contribution in [2.75, 3.05) is 116 Å². The molecule has 15 aliphatic rings. The summed E-state index contributed by atoms with van der Waals surface area (Å²) in [7, 11) is 11.8. The third kappa shape index (κ3) is 16.2. The highest BCUT2D eigenvalue weighted by molar-refractivity contribution is 7.99. The number of hydrogen-bond donors (Lipinski definition) is 9. The maximum atomic E-state index is 14.6. The topological polar surface area (TPSA) is 379 Å². The first kappa shape index (κ1) is 105. The molecule has 4 fully saturated rings. The molecule has 6 unspecified atom stereocenters. The molecule has 23 rings (SSSR count). The number of aliphatic hydroxyl groups excluding tert-OH is 3. The molecule has 8 aromatic rings. The van der Waals surface area contributed by atoms with Crippen LogP contribution in [0.5, 0.6) is 80.5 Å². The fraction of sp³-hybridized carbons (Fsp3) is 0.500. The van der Waals surface area contributed by atoms with Gasteiger partial charge in [0.2, 0.25) is 25.3 Å². The number of esters is 1. The average molecular weight is 2040 g/mol. The number of aliphatic hydroxyl groups is 3. The highest BCUT2D eigenvalue weighted by Crippen LogP contribution is 2.67. The number of likely N-dealkylation sites (N-methyl/N-ethyl adjacent to an activating group) is 2. The summed E-state index contributed by atoms with van der Waals surface area (Å²) < 4.78 is 84.7. The predicted molar refractivity (Wildman–Crippen MR) is 551 cm³/mol. The Morgan fingerprint density at radius 3 is 1.71 bits per heavy atom. The average Bonchev–Trinajstić information content (AvgIpc) is 0.968. The highest BCUT2D eigenvalue weighted by atomic mass is 32.2. The number of aryl methyl sites for hydroxylation is 3. The number of carbonyl (C=O) groups excluding carboxylic acids is 4. The molecule has 8 bridgehead atoms. The van der Waals surface area contributed by atoms with Gasteiger partial charge in [-0.05, 0) is 173 Å². The van der Waals surface area contributed by atoms with Crippen molar-refractivity contribution in [1.82, 2.24) is 35.1 Å². The van der Waals surface area contributed by atoms with Gasteiger partial charge in [0.15, 0.2) is 92.9 Å². The Labute approximate surface area is 858 Å². The van der Waals surface area contributed by atoms with Gasteiger partial charge in [0.05, 0.1) is 96.8 Å². The second-order valence-electron chi connectivity index (χ2n) is 41.1. The summed E-state index contributed by atoms with van der Waals surface area (Å²) >= 11 is 1.59. The third-order valence-electron chi connectivity index (χ3n) is 33.1. The largest absolute Gasteiger partial charge is 0.507 e. The first-order chi connectivity index (χ1) is 69.6. The van der Waals surface area contributed by atoms with Crippen LogP contribution in [-0.2, 0) is 75.5 Å². The number of Topliss-reactive ketones (excluding diaryl/α,β-unsaturated/α-hetero) is 2. The van der Waals surface area contributed by atoms with Crippen molar-refractivity contribution in [3.05, 3.63) is 208 Å². The molecule has 13 heterocycles. The van der Waals surface area contributed by atoms with Gasteiger partial charge in [-0.3, -0.25) is 44.2 Å². The fourth-order valence-electron chi connectivity index (χ4n) is 27.0. The molecule has 4 saturated heterocycles. The number of phenolic OH excluding ortho intramolecular Hbond substituents is 4. The van der Waals surface area contributed by atoms with Gasteiger partial charge < -0.3 is 107 Å². The van der Waals surface area contributed by atoms with Crippen molar-refractivity contribution in [1.29, 1.82) is 0 Å². The SMILES string of the molecule is C.CC.CCC(=O)NC[C@H]1C2=C(C[C@H]3C4c5c(cc(C)c(OC)c5O)CC([C@H](O)N13)N4C)C(=O)C(C)=C(OC)C2=O.COCOc1c(OC)c(C)cc2c1C1[C@@H]3Cc4c(O)c(C)c5c(c4[C@H](CO[Si](c4ccccc4)(c4ccccc4)C(C)(C)C)N3[C@@H](O)C(C2)N1C)OCO5.COc1cc2c(cc1O)CCN[C@@]21CS[C@@H]2c3c(OC)c(C)c4c(c3[C@H](COC1=O)N1[C@@H]2C2CC(Cc3cc(C)c(OC)c(O)c32)[C@@H]1O)OCO4. The van der Waals surface area contributed by atoms with Gasteiger partial charge in [0, 0.05) is 129 Å². The molecule has 34 heteroatoms.